The van der Waals surface area contributed by atoms with Crippen LogP contribution in [0.5, 0.6) is 0 Å². The highest BCUT2D eigenvalue weighted by Gasteiger charge is 2.15. The summed E-state index contributed by atoms with van der Waals surface area (Å²) < 4.78 is 26.8. The molecule has 6 nitrogen and oxygen atoms in total. The van der Waals surface area contributed by atoms with Gasteiger partial charge in [-0.2, -0.15) is 0 Å². The van der Waals surface area contributed by atoms with Gasteiger partial charge < -0.3 is 10.3 Å². The summed E-state index contributed by atoms with van der Waals surface area (Å²) in [5.74, 6) is 0. The molecule has 0 atom stereocenters. The van der Waals surface area contributed by atoms with Crippen LogP contribution in [0.2, 0.25) is 0 Å². The molecule has 0 aliphatic heterocycles. The summed E-state index contributed by atoms with van der Waals surface area (Å²) in [5.41, 5.74) is 2.38. The molecule has 0 aliphatic rings. The summed E-state index contributed by atoms with van der Waals surface area (Å²) in [6, 6.07) is 7.13. The van der Waals surface area contributed by atoms with Gasteiger partial charge in [0.1, 0.15) is 0 Å². The van der Waals surface area contributed by atoms with Crippen LogP contribution >= 0.6 is 0 Å². The minimum atomic E-state index is -3.52. The number of sulfonamides is 1. The topological polar surface area (TPSA) is 86.9 Å². The van der Waals surface area contributed by atoms with Crippen molar-refractivity contribution in [3.63, 3.8) is 0 Å². The van der Waals surface area contributed by atoms with Crippen molar-refractivity contribution < 1.29 is 8.42 Å². The number of aromatic nitrogens is 2. The lowest BCUT2D eigenvalue weighted by atomic mass is 10.3. The Balaban J connectivity index is 2.06. The molecule has 0 aliphatic carbocycles. The van der Waals surface area contributed by atoms with Crippen LogP contribution in [0.1, 0.15) is 17.1 Å². The number of nitrogens with one attached hydrogen (secondary N) is 3. The van der Waals surface area contributed by atoms with E-state index in [1.807, 2.05) is 19.1 Å². The lowest BCUT2D eigenvalue weighted by Gasteiger charge is -2.05. The molecule has 2 aromatic rings. The first-order valence-corrected chi connectivity index (χ1v) is 7.73. The highest BCUT2D eigenvalue weighted by molar-refractivity contribution is 7.89. The Kier molecular flexibility index (Phi) is 4.53. The molecular formula is C13H18N4O2S. The summed E-state index contributed by atoms with van der Waals surface area (Å²) in [6.45, 7) is 2.64. The summed E-state index contributed by atoms with van der Waals surface area (Å²) in [5, 5.41) is 2.96. The van der Waals surface area contributed by atoms with E-state index in [0.717, 1.165) is 11.4 Å². The maximum Gasteiger partial charge on any atom is 0.242 e. The molecule has 108 valence electrons. The van der Waals surface area contributed by atoms with E-state index in [9.17, 15) is 8.42 Å². The molecule has 0 bridgehead atoms. The monoisotopic (exact) mass is 294 g/mol. The third-order valence-electron chi connectivity index (χ3n) is 2.78. The van der Waals surface area contributed by atoms with Crippen molar-refractivity contribution >= 4 is 10.0 Å². The van der Waals surface area contributed by atoms with Crippen LogP contribution in [0.25, 0.3) is 0 Å². The second-order valence-electron chi connectivity index (χ2n) is 4.49. The smallest absolute Gasteiger partial charge is 0.242 e. The zero-order valence-electron chi connectivity index (χ0n) is 11.5. The Labute approximate surface area is 118 Å². The van der Waals surface area contributed by atoms with E-state index in [0.29, 0.717) is 12.2 Å². The van der Waals surface area contributed by atoms with Gasteiger partial charge in [-0.3, -0.25) is 4.98 Å². The van der Waals surface area contributed by atoms with E-state index in [1.165, 1.54) is 6.20 Å². The van der Waals surface area contributed by atoms with Crippen LogP contribution < -0.4 is 10.0 Å². The maximum absolute atomic E-state index is 12.1. The highest BCUT2D eigenvalue weighted by Crippen LogP contribution is 2.11. The van der Waals surface area contributed by atoms with Gasteiger partial charge in [-0.05, 0) is 32.2 Å². The van der Waals surface area contributed by atoms with Gasteiger partial charge in [0.15, 0.2) is 0 Å². The van der Waals surface area contributed by atoms with Crippen LogP contribution in [0.15, 0.2) is 35.4 Å². The van der Waals surface area contributed by atoms with Gasteiger partial charge in [-0.25, -0.2) is 13.1 Å². The number of nitrogens with zero attached hydrogens (tertiary/aromatic N) is 1. The number of rotatable bonds is 6. The molecule has 2 aromatic heterocycles. The van der Waals surface area contributed by atoms with Crippen LogP contribution in [0.4, 0.5) is 0 Å². The van der Waals surface area contributed by atoms with Crippen molar-refractivity contribution in [2.24, 2.45) is 0 Å². The fraction of sp³-hybridized carbons (Fsp3) is 0.308. The second kappa shape index (κ2) is 6.17. The first kappa shape index (κ1) is 14.7. The van der Waals surface area contributed by atoms with E-state index < -0.39 is 10.0 Å². The summed E-state index contributed by atoms with van der Waals surface area (Å²) in [4.78, 5) is 7.41. The van der Waals surface area contributed by atoms with Crippen LogP contribution in [0, 0.1) is 6.92 Å². The van der Waals surface area contributed by atoms with Crippen molar-refractivity contribution in [1.29, 1.82) is 0 Å². The first-order valence-electron chi connectivity index (χ1n) is 6.25. The van der Waals surface area contributed by atoms with E-state index in [1.54, 1.807) is 19.2 Å². The Morgan fingerprint density at radius 1 is 1.30 bits per heavy atom. The van der Waals surface area contributed by atoms with Crippen molar-refractivity contribution in [1.82, 2.24) is 20.0 Å². The lowest BCUT2D eigenvalue weighted by molar-refractivity contribution is 0.580. The molecule has 2 heterocycles. The molecule has 0 aromatic carbocycles. The van der Waals surface area contributed by atoms with Crippen molar-refractivity contribution in [2.45, 2.75) is 24.9 Å². The fourth-order valence-corrected chi connectivity index (χ4v) is 2.83. The molecule has 0 saturated carbocycles. The Morgan fingerprint density at radius 2 is 2.10 bits per heavy atom. The average Bonchev–Trinajstić information content (AvgIpc) is 2.87. The maximum atomic E-state index is 12.1. The zero-order chi connectivity index (χ0) is 14.6. The fourth-order valence-electron chi connectivity index (χ4n) is 1.82. The van der Waals surface area contributed by atoms with Crippen molar-refractivity contribution in [3.05, 3.63) is 47.5 Å². The van der Waals surface area contributed by atoms with E-state index >= 15 is 0 Å². The third kappa shape index (κ3) is 3.66. The lowest BCUT2D eigenvalue weighted by Crippen LogP contribution is -2.23. The Hall–Kier alpha value is -1.70. The SMILES string of the molecule is CNCc1cc(S(=O)(=O)NCc2cccc(C)n2)c[nH]1. The predicted octanol–water partition coefficient (Wildman–Crippen LogP) is 0.916. The molecule has 3 N–H and O–H groups in total. The number of pyridine rings is 1. The average molecular weight is 294 g/mol. The standard InChI is InChI=1S/C13H18N4O2S/c1-10-4-3-5-11(17-10)8-16-20(18,19)13-6-12(7-14-2)15-9-13/h3-6,9,14-16H,7-8H2,1-2H3. The molecule has 20 heavy (non-hydrogen) atoms. The summed E-state index contributed by atoms with van der Waals surface area (Å²) in [6.07, 6.45) is 1.48. The Bertz CT molecular complexity index is 679. The molecule has 7 heteroatoms. The van der Waals surface area contributed by atoms with Gasteiger partial charge in [-0.1, -0.05) is 6.07 Å². The van der Waals surface area contributed by atoms with Gasteiger partial charge in [0.05, 0.1) is 17.1 Å². The third-order valence-corrected chi connectivity index (χ3v) is 4.16. The van der Waals surface area contributed by atoms with Crippen molar-refractivity contribution in [3.8, 4) is 0 Å². The Morgan fingerprint density at radius 3 is 2.80 bits per heavy atom. The normalized spacial score (nSPS) is 11.7. The quantitative estimate of drug-likeness (QED) is 0.739. The van der Waals surface area contributed by atoms with Crippen LogP contribution in [-0.2, 0) is 23.1 Å². The molecular weight excluding hydrogens is 276 g/mol. The van der Waals surface area contributed by atoms with Gasteiger partial charge in [0.2, 0.25) is 10.0 Å². The molecule has 0 fully saturated rings. The number of hydrogen-bond acceptors (Lipinski definition) is 4. The van der Waals surface area contributed by atoms with Gasteiger partial charge in [0.25, 0.3) is 0 Å². The molecule has 0 amide bonds. The van der Waals surface area contributed by atoms with Gasteiger partial charge in [0, 0.05) is 24.1 Å². The van der Waals surface area contributed by atoms with Crippen LogP contribution in [-0.4, -0.2) is 25.4 Å². The zero-order valence-corrected chi connectivity index (χ0v) is 12.3. The van der Waals surface area contributed by atoms with Gasteiger partial charge in [-0.15, -0.1) is 0 Å². The van der Waals surface area contributed by atoms with E-state index in [2.05, 4.69) is 20.0 Å². The molecule has 0 saturated heterocycles. The summed E-state index contributed by atoms with van der Waals surface area (Å²) in [7, 11) is -1.72. The molecule has 0 unspecified atom stereocenters. The van der Waals surface area contributed by atoms with E-state index in [4.69, 9.17) is 0 Å². The largest absolute Gasteiger partial charge is 0.363 e. The van der Waals surface area contributed by atoms with Crippen molar-refractivity contribution in [2.75, 3.05) is 7.05 Å². The van der Waals surface area contributed by atoms with Gasteiger partial charge >= 0.3 is 0 Å². The first-order chi connectivity index (χ1) is 9.51. The van der Waals surface area contributed by atoms with Crippen LogP contribution in [0.3, 0.4) is 0 Å². The number of hydrogen-bond donors (Lipinski definition) is 3. The summed E-state index contributed by atoms with van der Waals surface area (Å²) >= 11 is 0. The highest BCUT2D eigenvalue weighted by atomic mass is 32.2. The minimum absolute atomic E-state index is 0.177. The predicted molar refractivity (Wildman–Crippen MR) is 76.6 cm³/mol. The second-order valence-corrected chi connectivity index (χ2v) is 6.25. The molecule has 0 radical (unpaired) electrons. The number of aromatic amines is 1. The molecule has 2 rings (SSSR count). The van der Waals surface area contributed by atoms with E-state index in [-0.39, 0.29) is 11.4 Å². The number of H-pyrrole nitrogens is 1. The number of aryl methyl sites for hydroxylation is 1. The molecule has 0 spiro atoms. The minimum Gasteiger partial charge on any atom is -0.363 e.